The summed E-state index contributed by atoms with van der Waals surface area (Å²) in [6.07, 6.45) is 6.27. The number of imide groups is 1. The average molecular weight is 391 g/mol. The van der Waals surface area contributed by atoms with E-state index in [4.69, 9.17) is 4.42 Å². The van der Waals surface area contributed by atoms with Gasteiger partial charge in [-0.15, -0.1) is 0 Å². The minimum atomic E-state index is -0.461. The molecule has 1 aliphatic heterocycles. The summed E-state index contributed by atoms with van der Waals surface area (Å²) >= 11 is 0. The number of benzene rings is 1. The van der Waals surface area contributed by atoms with Gasteiger partial charge >= 0.3 is 0 Å². The lowest BCUT2D eigenvalue weighted by Gasteiger charge is -2.13. The zero-order valence-electron chi connectivity index (χ0n) is 15.5. The third-order valence-electron chi connectivity index (χ3n) is 6.07. The normalized spacial score (nSPS) is 27.4. The van der Waals surface area contributed by atoms with Crippen LogP contribution in [0, 0.1) is 40.7 Å². The molecular weight excluding hydrogens is 374 g/mol. The molecule has 4 atom stereocenters. The summed E-state index contributed by atoms with van der Waals surface area (Å²) in [5, 5.41) is 16.1. The van der Waals surface area contributed by atoms with Crippen LogP contribution >= 0.6 is 0 Å². The number of rotatable bonds is 4. The molecule has 2 amide bonds. The van der Waals surface area contributed by atoms with Gasteiger partial charge in [-0.3, -0.25) is 19.7 Å². The van der Waals surface area contributed by atoms with E-state index in [0.717, 1.165) is 17.0 Å². The molecule has 0 spiro atoms. The minimum absolute atomic E-state index is 0.0275. The Kier molecular flexibility index (Phi) is 3.77. The molecule has 1 aromatic heterocycles. The van der Waals surface area contributed by atoms with Crippen LogP contribution in [0.2, 0.25) is 0 Å². The van der Waals surface area contributed by atoms with Gasteiger partial charge in [0.15, 0.2) is 0 Å². The number of nitrogens with zero attached hydrogens (tertiary/aromatic N) is 3. The molecule has 2 heterocycles. The minimum Gasteiger partial charge on any atom is -0.455 e. The molecule has 2 bridgehead atoms. The summed E-state index contributed by atoms with van der Waals surface area (Å²) in [5.41, 5.74) is 1.40. The molecule has 0 radical (unpaired) electrons. The highest BCUT2D eigenvalue weighted by molar-refractivity contribution is 6.06. The first kappa shape index (κ1) is 17.5. The second-order valence-electron chi connectivity index (χ2n) is 7.69. The van der Waals surface area contributed by atoms with Gasteiger partial charge < -0.3 is 4.42 Å². The third kappa shape index (κ3) is 2.63. The highest BCUT2D eigenvalue weighted by Gasteiger charge is 2.59. The van der Waals surface area contributed by atoms with E-state index >= 15 is 0 Å². The molecule has 146 valence electrons. The second-order valence-corrected chi connectivity index (χ2v) is 7.69. The molecule has 2 aliphatic carbocycles. The maximum absolute atomic E-state index is 12.6. The predicted molar refractivity (Wildman–Crippen MR) is 103 cm³/mol. The Balaban J connectivity index is 1.38. The Bertz CT molecular complexity index is 1090. The Morgan fingerprint density at radius 2 is 1.83 bits per heavy atom. The van der Waals surface area contributed by atoms with Crippen molar-refractivity contribution in [1.82, 2.24) is 5.01 Å². The SMILES string of the molecule is Cc1ccc([N+](=O)[O-])cc1-c1ccc(/C=N\N2C(=O)[C@@H]3[C@@H](C2=O)[C@H]2C=C[C@H]3C2)o1. The lowest BCUT2D eigenvalue weighted by Crippen LogP contribution is -2.28. The van der Waals surface area contributed by atoms with Gasteiger partial charge in [-0.1, -0.05) is 18.2 Å². The Labute approximate surface area is 165 Å². The molecule has 8 heteroatoms. The van der Waals surface area contributed by atoms with Crippen LogP contribution in [-0.4, -0.2) is 28.0 Å². The first-order valence-corrected chi connectivity index (χ1v) is 9.39. The number of carbonyl (C=O) groups is 2. The van der Waals surface area contributed by atoms with Crippen molar-refractivity contribution in [3.05, 3.63) is 63.9 Å². The fourth-order valence-corrected chi connectivity index (χ4v) is 4.67. The van der Waals surface area contributed by atoms with E-state index in [1.54, 1.807) is 18.2 Å². The van der Waals surface area contributed by atoms with Gasteiger partial charge in [0, 0.05) is 17.7 Å². The number of carbonyl (C=O) groups excluding carboxylic acids is 2. The fraction of sp³-hybridized carbons (Fsp3) is 0.286. The first-order valence-electron chi connectivity index (χ1n) is 9.39. The van der Waals surface area contributed by atoms with Gasteiger partial charge in [-0.2, -0.15) is 10.1 Å². The van der Waals surface area contributed by atoms with Crippen LogP contribution in [0.4, 0.5) is 5.69 Å². The Hall–Kier alpha value is -3.55. The molecule has 1 saturated carbocycles. The monoisotopic (exact) mass is 391 g/mol. The number of hydrazone groups is 1. The van der Waals surface area contributed by atoms with Crippen LogP contribution < -0.4 is 0 Å². The highest BCUT2D eigenvalue weighted by atomic mass is 16.6. The highest BCUT2D eigenvalue weighted by Crippen LogP contribution is 2.52. The van der Waals surface area contributed by atoms with E-state index in [0.29, 0.717) is 17.1 Å². The van der Waals surface area contributed by atoms with E-state index in [1.165, 1.54) is 18.3 Å². The van der Waals surface area contributed by atoms with Gasteiger partial charge in [-0.25, -0.2) is 0 Å². The number of hydrogen-bond donors (Lipinski definition) is 0. The maximum atomic E-state index is 12.6. The average Bonchev–Trinajstić information content (AvgIpc) is 3.46. The second kappa shape index (κ2) is 6.23. The van der Waals surface area contributed by atoms with Crippen molar-refractivity contribution in [2.24, 2.45) is 28.8 Å². The van der Waals surface area contributed by atoms with Crippen LogP contribution in [0.5, 0.6) is 0 Å². The van der Waals surface area contributed by atoms with Crippen molar-refractivity contribution in [2.45, 2.75) is 13.3 Å². The molecule has 0 unspecified atom stereocenters. The van der Waals surface area contributed by atoms with E-state index in [2.05, 4.69) is 5.10 Å². The molecule has 3 aliphatic rings. The van der Waals surface area contributed by atoms with Crippen molar-refractivity contribution in [2.75, 3.05) is 0 Å². The summed E-state index contributed by atoms with van der Waals surface area (Å²) in [4.78, 5) is 35.9. The zero-order valence-corrected chi connectivity index (χ0v) is 15.5. The van der Waals surface area contributed by atoms with Gasteiger partial charge in [-0.05, 0) is 42.9 Å². The number of allylic oxidation sites excluding steroid dienone is 2. The van der Waals surface area contributed by atoms with Crippen LogP contribution in [0.25, 0.3) is 11.3 Å². The molecule has 0 N–H and O–H groups in total. The molecular formula is C21H17N3O5. The molecule has 2 fully saturated rings. The number of hydrogen-bond acceptors (Lipinski definition) is 6. The maximum Gasteiger partial charge on any atom is 0.270 e. The number of aryl methyl sites for hydroxylation is 1. The summed E-state index contributed by atoms with van der Waals surface area (Å²) in [6.45, 7) is 1.83. The third-order valence-corrected chi connectivity index (χ3v) is 6.07. The van der Waals surface area contributed by atoms with Crippen LogP contribution in [0.1, 0.15) is 17.7 Å². The summed E-state index contributed by atoms with van der Waals surface area (Å²) in [6, 6.07) is 7.88. The van der Waals surface area contributed by atoms with Gasteiger partial charge in [0.2, 0.25) is 0 Å². The van der Waals surface area contributed by atoms with E-state index in [9.17, 15) is 19.7 Å². The molecule has 1 aromatic carbocycles. The molecule has 1 saturated heterocycles. The van der Waals surface area contributed by atoms with Crippen molar-refractivity contribution < 1.29 is 18.9 Å². The van der Waals surface area contributed by atoms with E-state index in [1.807, 2.05) is 19.1 Å². The topological polar surface area (TPSA) is 106 Å². The predicted octanol–water partition coefficient (Wildman–Crippen LogP) is 3.30. The number of amides is 2. The van der Waals surface area contributed by atoms with Gasteiger partial charge in [0.1, 0.15) is 11.5 Å². The summed E-state index contributed by atoms with van der Waals surface area (Å²) in [7, 11) is 0. The van der Waals surface area contributed by atoms with Crippen molar-refractivity contribution in [1.29, 1.82) is 0 Å². The van der Waals surface area contributed by atoms with Crippen molar-refractivity contribution in [3.8, 4) is 11.3 Å². The van der Waals surface area contributed by atoms with Gasteiger partial charge in [0.05, 0.1) is 23.0 Å². The molecule has 8 nitrogen and oxygen atoms in total. The summed E-state index contributed by atoms with van der Waals surface area (Å²) in [5.74, 6) is -0.0367. The number of furan rings is 1. The van der Waals surface area contributed by atoms with Crippen molar-refractivity contribution in [3.63, 3.8) is 0 Å². The quantitative estimate of drug-likeness (QED) is 0.261. The standard InChI is InChI=1S/C21H17N3O5/c1-11-2-5-14(24(27)28)9-16(11)17-7-6-15(29-17)10-22-23-20(25)18-12-3-4-13(8-12)19(18)21(23)26/h2-7,9-10,12-13,18-19H,8H2,1H3/b22-10-/t12-,13-,18-,19-/m0/s1. The first-order chi connectivity index (χ1) is 13.9. The zero-order chi connectivity index (χ0) is 20.3. The smallest absolute Gasteiger partial charge is 0.270 e. The van der Waals surface area contributed by atoms with Crippen LogP contribution in [0.15, 0.2) is 52.0 Å². The number of fused-ring (bicyclic) bond motifs is 5. The fourth-order valence-electron chi connectivity index (χ4n) is 4.67. The Morgan fingerprint density at radius 1 is 1.14 bits per heavy atom. The van der Waals surface area contributed by atoms with Crippen molar-refractivity contribution >= 4 is 23.7 Å². The molecule has 29 heavy (non-hydrogen) atoms. The number of nitro benzene ring substituents is 1. The largest absolute Gasteiger partial charge is 0.455 e. The lowest BCUT2D eigenvalue weighted by atomic mass is 9.85. The summed E-state index contributed by atoms with van der Waals surface area (Å²) < 4.78 is 5.73. The molecule has 5 rings (SSSR count). The van der Waals surface area contributed by atoms with Crippen LogP contribution in [0.3, 0.4) is 0 Å². The van der Waals surface area contributed by atoms with E-state index in [-0.39, 0.29) is 41.2 Å². The number of non-ortho nitro benzene ring substituents is 1. The van der Waals surface area contributed by atoms with Gasteiger partial charge in [0.25, 0.3) is 17.5 Å². The van der Waals surface area contributed by atoms with E-state index < -0.39 is 4.92 Å². The number of nitro groups is 1. The lowest BCUT2D eigenvalue weighted by molar-refractivity contribution is -0.384. The molecule has 2 aromatic rings. The Morgan fingerprint density at radius 3 is 2.48 bits per heavy atom. The van der Waals surface area contributed by atoms with Crippen LogP contribution in [-0.2, 0) is 9.59 Å².